The van der Waals surface area contributed by atoms with Gasteiger partial charge in [0.05, 0.1) is 47.3 Å². The highest BCUT2D eigenvalue weighted by Gasteiger charge is 2.44. The highest BCUT2D eigenvalue weighted by Crippen LogP contribution is 2.35. The monoisotopic (exact) mass is 1460 g/mol. The number of urea groups is 1. The lowest BCUT2D eigenvalue weighted by Crippen LogP contribution is -2.55. The molecule has 4 rings (SSSR count). The smallest absolute Gasteiger partial charge is 0.408 e. The normalized spacial score (nSPS) is 16.3. The van der Waals surface area contributed by atoms with E-state index >= 15 is 0 Å². The van der Waals surface area contributed by atoms with Crippen molar-refractivity contribution in [2.75, 3.05) is 46.2 Å². The Kier molecular flexibility index (Phi) is 35.6. The van der Waals surface area contributed by atoms with Gasteiger partial charge >= 0.3 is 18.2 Å². The van der Waals surface area contributed by atoms with E-state index in [2.05, 4.69) is 43.7 Å². The molecule has 1 aliphatic heterocycles. The summed E-state index contributed by atoms with van der Waals surface area (Å²) in [6.07, 6.45) is 3.12. The third kappa shape index (κ3) is 28.7. The summed E-state index contributed by atoms with van der Waals surface area (Å²) in [5, 5.41) is 16.5. The quantitative estimate of drug-likeness (QED) is 0.0287. The SMILES string of the molecule is CC[C@H](C)[C@@H]([C@@H](CC(=O)N1CCC[C@H]1[C@H](OC)[C@@H](C)C(=O)C[C@@H](Cc1ccccc1)c1nccs1)OC)N(C)C(=O)[C@@H](CC(=O)C(C)(C)NC(=O)OCc1ccc(NC(=O)[C@H](CCCNC(N)=O)CC(=O)[C@@H](NC(=O)[C@H](CCCCNC(=O)OC(C)(C)C)CC(=O)C(C)(C)C)C(C)C)cc1)C(C)C. The number of rotatable bonds is 43. The molecular formula is C78H121N9O15S. The van der Waals surface area contributed by atoms with E-state index in [0.717, 1.165) is 17.0 Å². The van der Waals surface area contributed by atoms with E-state index in [1.807, 2.05) is 63.1 Å². The maximum atomic E-state index is 14.8. The van der Waals surface area contributed by atoms with Crippen molar-refractivity contribution in [3.8, 4) is 0 Å². The number of hydrogen-bond donors (Lipinski definition) is 6. The molecule has 24 nitrogen and oxygen atoms in total. The minimum atomic E-state index is -1.48. The highest BCUT2D eigenvalue weighted by molar-refractivity contribution is 7.09. The second-order valence-electron chi connectivity index (χ2n) is 31.0. The lowest BCUT2D eigenvalue weighted by atomic mass is 9.83. The van der Waals surface area contributed by atoms with Crippen LogP contribution in [0.5, 0.6) is 0 Å². The summed E-state index contributed by atoms with van der Waals surface area (Å²) in [4.78, 5) is 159. The minimum absolute atomic E-state index is 0.0313. The molecule has 1 aromatic heterocycles. The van der Waals surface area contributed by atoms with Gasteiger partial charge < -0.3 is 61.1 Å². The molecule has 2 aromatic carbocycles. The van der Waals surface area contributed by atoms with E-state index in [4.69, 9.17) is 24.7 Å². The predicted octanol–water partition coefficient (Wildman–Crippen LogP) is 11.7. The van der Waals surface area contributed by atoms with Crippen molar-refractivity contribution < 1.29 is 71.7 Å². The van der Waals surface area contributed by atoms with Crippen molar-refractivity contribution in [2.45, 2.75) is 248 Å². The maximum absolute atomic E-state index is 14.8. The summed E-state index contributed by atoms with van der Waals surface area (Å²) in [6.45, 7) is 27.5. The molecule has 0 aliphatic carbocycles. The van der Waals surface area contributed by atoms with Gasteiger partial charge in [0.1, 0.15) is 23.8 Å². The number of alkyl carbamates (subject to hydrolysis) is 2. The number of nitrogens with two attached hydrogens (primary N) is 1. The Morgan fingerprint density at radius 2 is 1.35 bits per heavy atom. The van der Waals surface area contributed by atoms with E-state index < -0.39 is 112 Å². The summed E-state index contributed by atoms with van der Waals surface area (Å²) in [5.74, 6) is -6.39. The van der Waals surface area contributed by atoms with E-state index in [9.17, 15) is 52.7 Å². The Balaban J connectivity index is 1.39. The van der Waals surface area contributed by atoms with Crippen molar-refractivity contribution >= 4 is 82.0 Å². The Morgan fingerprint density at radius 3 is 1.92 bits per heavy atom. The first-order chi connectivity index (χ1) is 48.3. The first kappa shape index (κ1) is 87.8. The van der Waals surface area contributed by atoms with E-state index in [-0.39, 0.29) is 105 Å². The maximum Gasteiger partial charge on any atom is 0.408 e. The number of primary amides is 1. The molecule has 11 atom stereocenters. The number of amides is 8. The van der Waals surface area contributed by atoms with Crippen molar-refractivity contribution in [3.05, 3.63) is 82.3 Å². The molecule has 3 aromatic rings. The molecule has 0 spiro atoms. The van der Waals surface area contributed by atoms with E-state index in [0.29, 0.717) is 62.9 Å². The predicted molar refractivity (Wildman–Crippen MR) is 399 cm³/mol. The van der Waals surface area contributed by atoms with Crippen LogP contribution in [0.15, 0.2) is 66.2 Å². The fraction of sp³-hybridized carbons (Fsp3) is 0.667. The average molecular weight is 1460 g/mol. The second kappa shape index (κ2) is 41.7. The number of Topliss-reactive ketones (excluding diaryl/α,β-unsaturated/α-hetero) is 4. The topological polar surface area (TPSA) is 330 Å². The zero-order chi connectivity index (χ0) is 77.1. The van der Waals surface area contributed by atoms with Crippen LogP contribution in [0.25, 0.3) is 0 Å². The van der Waals surface area contributed by atoms with Gasteiger partial charge in [0.15, 0.2) is 11.6 Å². The van der Waals surface area contributed by atoms with Crippen molar-refractivity contribution in [1.82, 2.24) is 36.1 Å². The van der Waals surface area contributed by atoms with Crippen LogP contribution in [0.2, 0.25) is 0 Å². The molecule has 0 unspecified atom stereocenters. The van der Waals surface area contributed by atoms with Crippen LogP contribution in [0.1, 0.15) is 209 Å². The molecule has 2 heterocycles. The third-order valence-electron chi connectivity index (χ3n) is 19.6. The van der Waals surface area contributed by atoms with Gasteiger partial charge in [-0.05, 0) is 121 Å². The zero-order valence-corrected chi connectivity index (χ0v) is 65.4. The largest absolute Gasteiger partial charge is 0.445 e. The Hall–Kier alpha value is -7.64. The molecule has 103 heavy (non-hydrogen) atoms. The molecule has 8 amide bonds. The number of aromatic nitrogens is 1. The molecule has 1 saturated heterocycles. The molecule has 1 aliphatic rings. The number of thiazole rings is 1. The number of benzene rings is 2. The standard InChI is InChI=1S/C78H121N9O15S/c1-19-50(6)67(62(99-17)46-65(92)87-39-26-31-59(87)68(100-18)51(7)60(88)43-56(71-80-38-40-103-71)41-52-27-21-20-22-28-52)86(16)72(95)58(48(2)3)45-64(91)78(14,15)85-75(98)101-47-53-32-34-57(35-33-53)83-69(93)54(30-25-37-81-73(79)96)42-61(89)66(49(4)5)84-70(94)55(44-63(90)76(8,9)10)29-23-24-36-82-74(97)102-77(11,12)13/h20-22,27-28,32-35,38,40,48-51,54-56,58-59,62,66-68H,19,23-26,29-31,36-37,39,41-47H2,1-18H3,(H,82,97)(H,83,93)(H,84,94)(H,85,98)(H3,79,81,96)/t50-,51-,54+,55+,56+,58-,59-,62+,66-,67-,68+/m0/s1. The number of nitrogens with one attached hydrogen (secondary N) is 5. The van der Waals surface area contributed by atoms with Gasteiger partial charge in [-0.25, -0.2) is 19.4 Å². The van der Waals surface area contributed by atoms with Crippen LogP contribution in [0.4, 0.5) is 20.1 Å². The Bertz CT molecular complexity index is 3240. The molecule has 574 valence electrons. The number of anilines is 1. The van der Waals surface area contributed by atoms with Crippen LogP contribution in [0.3, 0.4) is 0 Å². The minimum Gasteiger partial charge on any atom is -0.445 e. The van der Waals surface area contributed by atoms with Crippen molar-refractivity contribution in [1.29, 1.82) is 0 Å². The number of likely N-dealkylation sites (N-methyl/N-ethyl adjacent to an activating group) is 1. The number of ether oxygens (including phenoxy) is 4. The van der Waals surface area contributed by atoms with Crippen molar-refractivity contribution in [2.24, 2.45) is 52.6 Å². The fourth-order valence-corrected chi connectivity index (χ4v) is 13.9. The Labute approximate surface area is 615 Å². The van der Waals surface area contributed by atoms with Gasteiger partial charge in [-0.2, -0.15) is 0 Å². The van der Waals surface area contributed by atoms with Gasteiger partial charge in [-0.1, -0.05) is 125 Å². The Morgan fingerprint density at radius 1 is 0.709 bits per heavy atom. The summed E-state index contributed by atoms with van der Waals surface area (Å²) in [6, 6.07) is 13.8. The number of methoxy groups -OCH3 is 2. The number of carbonyl (C=O) groups is 11. The summed E-state index contributed by atoms with van der Waals surface area (Å²) < 4.78 is 23.2. The number of hydrogen-bond acceptors (Lipinski definition) is 17. The molecule has 0 saturated carbocycles. The van der Waals surface area contributed by atoms with Gasteiger partial charge in [0, 0.05) is 119 Å². The number of ketones is 4. The molecular weight excluding hydrogens is 1330 g/mol. The summed E-state index contributed by atoms with van der Waals surface area (Å²) in [5.41, 5.74) is 4.43. The molecule has 7 N–H and O–H groups in total. The van der Waals surface area contributed by atoms with Crippen LogP contribution in [-0.4, -0.2) is 162 Å². The summed E-state index contributed by atoms with van der Waals surface area (Å²) >= 11 is 1.53. The third-order valence-corrected chi connectivity index (χ3v) is 20.5. The van der Waals surface area contributed by atoms with Gasteiger partial charge in [-0.15, -0.1) is 11.3 Å². The number of carbonyl (C=O) groups excluding carboxylic acids is 11. The van der Waals surface area contributed by atoms with Gasteiger partial charge in [0.25, 0.3) is 0 Å². The molecule has 0 bridgehead atoms. The highest BCUT2D eigenvalue weighted by atomic mass is 32.1. The molecule has 0 radical (unpaired) electrons. The number of nitrogens with zero attached hydrogens (tertiary/aromatic N) is 3. The van der Waals surface area contributed by atoms with E-state index in [1.165, 1.54) is 18.4 Å². The molecule has 25 heteroatoms. The first-order valence-corrected chi connectivity index (χ1v) is 37.5. The zero-order valence-electron chi connectivity index (χ0n) is 64.5. The summed E-state index contributed by atoms with van der Waals surface area (Å²) in [7, 11) is 4.80. The van der Waals surface area contributed by atoms with Crippen LogP contribution < -0.4 is 32.3 Å². The lowest BCUT2D eigenvalue weighted by Gasteiger charge is -2.41. The average Bonchev–Trinajstić information content (AvgIpc) is 1.79. The van der Waals surface area contributed by atoms with Gasteiger partial charge in [-0.3, -0.25) is 38.4 Å². The van der Waals surface area contributed by atoms with Crippen molar-refractivity contribution in [3.63, 3.8) is 0 Å². The van der Waals surface area contributed by atoms with Gasteiger partial charge in [0.2, 0.25) is 23.6 Å². The number of unbranched alkanes of at least 4 members (excludes halogenated alkanes) is 1. The fourth-order valence-electron chi connectivity index (χ4n) is 13.1. The second-order valence-corrected chi connectivity index (χ2v) is 32.0. The number of likely N-dealkylation sites (tertiary alicyclic amines) is 1. The van der Waals surface area contributed by atoms with E-state index in [1.54, 1.807) is 119 Å². The lowest BCUT2D eigenvalue weighted by molar-refractivity contribution is -0.149. The van der Waals surface area contributed by atoms with Crippen LogP contribution >= 0.6 is 11.3 Å². The first-order valence-electron chi connectivity index (χ1n) is 36.6. The van der Waals surface area contributed by atoms with Crippen LogP contribution in [0, 0.1) is 46.8 Å². The molecule has 1 fully saturated rings. The van der Waals surface area contributed by atoms with Crippen LogP contribution in [-0.2, 0) is 70.3 Å².